The number of amides is 1. The van der Waals surface area contributed by atoms with Crippen LogP contribution in [0.4, 0.5) is 4.39 Å². The summed E-state index contributed by atoms with van der Waals surface area (Å²) in [7, 11) is 0. The van der Waals surface area contributed by atoms with E-state index in [1.165, 1.54) is 6.07 Å². The molecule has 5 heteroatoms. The van der Waals surface area contributed by atoms with Crippen molar-refractivity contribution < 1.29 is 9.18 Å². The Kier molecular flexibility index (Phi) is 4.58. The summed E-state index contributed by atoms with van der Waals surface area (Å²) < 4.78 is 13.9. The van der Waals surface area contributed by atoms with Crippen molar-refractivity contribution in [1.82, 2.24) is 4.90 Å². The Hall–Kier alpha value is -0.940. The molecule has 1 aromatic carbocycles. The van der Waals surface area contributed by atoms with Gasteiger partial charge in [0.25, 0.3) is 5.91 Å². The molecule has 1 amide bonds. The van der Waals surface area contributed by atoms with Gasteiger partial charge in [0.05, 0.1) is 4.47 Å². The van der Waals surface area contributed by atoms with E-state index in [9.17, 15) is 9.18 Å². The maximum Gasteiger partial charge on any atom is 0.254 e. The molecule has 104 valence electrons. The fourth-order valence-corrected chi connectivity index (χ4v) is 2.70. The minimum Gasteiger partial charge on any atom is -0.336 e. The van der Waals surface area contributed by atoms with E-state index in [-0.39, 0.29) is 11.9 Å². The lowest BCUT2D eigenvalue weighted by atomic mass is 9.93. The van der Waals surface area contributed by atoms with Crippen LogP contribution < -0.4 is 5.73 Å². The minimum absolute atomic E-state index is 0.114. The summed E-state index contributed by atoms with van der Waals surface area (Å²) in [5.74, 6) is -0.177. The third kappa shape index (κ3) is 3.15. The molecule has 0 radical (unpaired) electrons. The third-order valence-electron chi connectivity index (χ3n) is 3.74. The quantitative estimate of drug-likeness (QED) is 0.907. The van der Waals surface area contributed by atoms with Gasteiger partial charge in [0, 0.05) is 18.2 Å². The molecule has 2 rings (SSSR count). The molecule has 3 nitrogen and oxygen atoms in total. The van der Waals surface area contributed by atoms with E-state index in [2.05, 4.69) is 15.9 Å². The number of nitrogens with two attached hydrogens (primary N) is 1. The van der Waals surface area contributed by atoms with E-state index in [0.29, 0.717) is 29.0 Å². The summed E-state index contributed by atoms with van der Waals surface area (Å²) in [5.41, 5.74) is 6.08. The van der Waals surface area contributed by atoms with Crippen molar-refractivity contribution in [1.29, 1.82) is 0 Å². The summed E-state index contributed by atoms with van der Waals surface area (Å²) >= 11 is 3.09. The largest absolute Gasteiger partial charge is 0.336 e. The maximum absolute atomic E-state index is 13.5. The highest BCUT2D eigenvalue weighted by molar-refractivity contribution is 9.10. The Morgan fingerprint density at radius 3 is 2.89 bits per heavy atom. The van der Waals surface area contributed by atoms with E-state index in [4.69, 9.17) is 5.73 Å². The van der Waals surface area contributed by atoms with Gasteiger partial charge in [-0.05, 0) is 66.4 Å². The summed E-state index contributed by atoms with van der Waals surface area (Å²) in [6.45, 7) is 3.28. The fourth-order valence-electron chi connectivity index (χ4n) is 2.45. The van der Waals surface area contributed by atoms with Crippen LogP contribution in [0.5, 0.6) is 0 Å². The molecule has 0 aromatic heterocycles. The molecule has 2 unspecified atom stereocenters. The van der Waals surface area contributed by atoms with Gasteiger partial charge in [0.1, 0.15) is 5.82 Å². The molecule has 1 saturated heterocycles. The zero-order valence-corrected chi connectivity index (χ0v) is 12.5. The number of nitrogens with zero attached hydrogens (tertiary/aromatic N) is 1. The van der Waals surface area contributed by atoms with Crippen LogP contribution in [0.15, 0.2) is 22.7 Å². The van der Waals surface area contributed by atoms with E-state index < -0.39 is 5.82 Å². The van der Waals surface area contributed by atoms with Crippen molar-refractivity contribution in [3.05, 3.63) is 34.1 Å². The predicted octanol–water partition coefficient (Wildman–Crippen LogP) is 2.79. The Bertz CT molecular complexity index is 481. The normalized spacial score (nSPS) is 23.5. The average Bonchev–Trinajstić information content (AvgIpc) is 2.41. The molecule has 0 saturated carbocycles. The molecule has 2 N–H and O–H groups in total. The number of piperidine rings is 1. The van der Waals surface area contributed by atoms with E-state index in [1.807, 2.05) is 11.8 Å². The monoisotopic (exact) mass is 328 g/mol. The second kappa shape index (κ2) is 6.01. The van der Waals surface area contributed by atoms with Crippen LogP contribution in [0.25, 0.3) is 0 Å². The highest BCUT2D eigenvalue weighted by atomic mass is 79.9. The third-order valence-corrected chi connectivity index (χ3v) is 4.38. The van der Waals surface area contributed by atoms with Gasteiger partial charge >= 0.3 is 0 Å². The first kappa shape index (κ1) is 14.5. The lowest BCUT2D eigenvalue weighted by molar-refractivity contribution is 0.0566. The molecule has 1 aliphatic rings. The van der Waals surface area contributed by atoms with Gasteiger partial charge in [-0.3, -0.25) is 4.79 Å². The SMILES string of the molecule is CC1CCC(CN)CN1C(=O)c1ccc(Br)c(F)c1. The highest BCUT2D eigenvalue weighted by Crippen LogP contribution is 2.24. The molecule has 1 aromatic rings. The number of hydrogen-bond acceptors (Lipinski definition) is 2. The van der Waals surface area contributed by atoms with Gasteiger partial charge in [-0.2, -0.15) is 0 Å². The van der Waals surface area contributed by atoms with Crippen LogP contribution in [-0.2, 0) is 0 Å². The van der Waals surface area contributed by atoms with Crippen LogP contribution in [0, 0.1) is 11.7 Å². The zero-order chi connectivity index (χ0) is 14.0. The Labute approximate surface area is 121 Å². The molecule has 1 fully saturated rings. The number of rotatable bonds is 2. The molecule has 1 aliphatic heterocycles. The zero-order valence-electron chi connectivity index (χ0n) is 10.9. The smallest absolute Gasteiger partial charge is 0.254 e. The van der Waals surface area contributed by atoms with Crippen molar-refractivity contribution in [3.8, 4) is 0 Å². The van der Waals surface area contributed by atoms with Gasteiger partial charge < -0.3 is 10.6 Å². The molecular formula is C14H18BrFN2O. The number of benzene rings is 1. The van der Waals surface area contributed by atoms with Crippen LogP contribution in [-0.4, -0.2) is 29.9 Å². The van der Waals surface area contributed by atoms with Crippen LogP contribution in [0.3, 0.4) is 0 Å². The topological polar surface area (TPSA) is 46.3 Å². The lowest BCUT2D eigenvalue weighted by Crippen LogP contribution is -2.47. The summed E-state index contributed by atoms with van der Waals surface area (Å²) in [6.07, 6.45) is 2.00. The van der Waals surface area contributed by atoms with Crippen molar-refractivity contribution in [3.63, 3.8) is 0 Å². The number of hydrogen-bond donors (Lipinski definition) is 1. The first-order valence-electron chi connectivity index (χ1n) is 6.49. The predicted molar refractivity (Wildman–Crippen MR) is 76.4 cm³/mol. The first-order valence-corrected chi connectivity index (χ1v) is 7.28. The van der Waals surface area contributed by atoms with E-state index in [0.717, 1.165) is 12.8 Å². The Morgan fingerprint density at radius 1 is 1.53 bits per heavy atom. The van der Waals surface area contributed by atoms with E-state index >= 15 is 0 Å². The summed E-state index contributed by atoms with van der Waals surface area (Å²) in [6, 6.07) is 4.68. The fraction of sp³-hybridized carbons (Fsp3) is 0.500. The lowest BCUT2D eigenvalue weighted by Gasteiger charge is -2.37. The van der Waals surface area contributed by atoms with Crippen molar-refractivity contribution >= 4 is 21.8 Å². The average molecular weight is 329 g/mol. The molecular weight excluding hydrogens is 311 g/mol. The second-order valence-electron chi connectivity index (χ2n) is 5.11. The standard InChI is InChI=1S/C14H18BrFN2O/c1-9-2-3-10(7-17)8-18(9)14(19)11-4-5-12(15)13(16)6-11/h4-6,9-10H,2-3,7-8,17H2,1H3. The first-order chi connectivity index (χ1) is 9.02. The molecule has 1 heterocycles. The van der Waals surface area contributed by atoms with Gasteiger partial charge in [-0.25, -0.2) is 4.39 Å². The number of likely N-dealkylation sites (tertiary alicyclic amines) is 1. The van der Waals surface area contributed by atoms with Crippen molar-refractivity contribution in [2.45, 2.75) is 25.8 Å². The highest BCUT2D eigenvalue weighted by Gasteiger charge is 2.29. The van der Waals surface area contributed by atoms with E-state index in [1.54, 1.807) is 12.1 Å². The van der Waals surface area contributed by atoms with Crippen molar-refractivity contribution in [2.24, 2.45) is 11.7 Å². The Balaban J connectivity index is 2.19. The van der Waals surface area contributed by atoms with Gasteiger partial charge in [-0.1, -0.05) is 0 Å². The van der Waals surface area contributed by atoms with Gasteiger partial charge in [0.2, 0.25) is 0 Å². The maximum atomic E-state index is 13.5. The summed E-state index contributed by atoms with van der Waals surface area (Å²) in [4.78, 5) is 14.2. The molecule has 19 heavy (non-hydrogen) atoms. The van der Waals surface area contributed by atoms with Crippen molar-refractivity contribution in [2.75, 3.05) is 13.1 Å². The number of halogens is 2. The van der Waals surface area contributed by atoms with Crippen LogP contribution in [0.1, 0.15) is 30.1 Å². The molecule has 0 bridgehead atoms. The van der Waals surface area contributed by atoms with Gasteiger partial charge in [0.15, 0.2) is 0 Å². The molecule has 0 spiro atoms. The van der Waals surface area contributed by atoms with Crippen LogP contribution in [0.2, 0.25) is 0 Å². The molecule has 0 aliphatic carbocycles. The molecule has 2 atom stereocenters. The number of carbonyl (C=O) groups is 1. The van der Waals surface area contributed by atoms with Gasteiger partial charge in [-0.15, -0.1) is 0 Å². The number of carbonyl (C=O) groups excluding carboxylic acids is 1. The Morgan fingerprint density at radius 2 is 2.26 bits per heavy atom. The minimum atomic E-state index is -0.411. The van der Waals surface area contributed by atoms with Crippen LogP contribution >= 0.6 is 15.9 Å². The summed E-state index contributed by atoms with van der Waals surface area (Å²) in [5, 5.41) is 0. The second-order valence-corrected chi connectivity index (χ2v) is 5.97.